The van der Waals surface area contributed by atoms with E-state index in [2.05, 4.69) is 11.7 Å². The lowest BCUT2D eigenvalue weighted by Crippen LogP contribution is -2.25. The molecule has 0 spiro atoms. The molecule has 5 aromatic rings. The molecule has 0 fully saturated rings. The monoisotopic (exact) mass is 676 g/mol. The van der Waals surface area contributed by atoms with E-state index >= 15 is 13.2 Å². The highest BCUT2D eigenvalue weighted by molar-refractivity contribution is 5.72. The molecule has 48 heavy (non-hydrogen) atoms. The average molecular weight is 677 g/mol. The normalized spacial score (nSPS) is 12.0. The van der Waals surface area contributed by atoms with Gasteiger partial charge in [-0.15, -0.1) is 0 Å². The minimum atomic E-state index is -4.95. The van der Waals surface area contributed by atoms with Crippen molar-refractivity contribution in [1.29, 1.82) is 0 Å². The number of hydrogen-bond donors (Lipinski definition) is 0. The Bertz CT molecular complexity index is 1910. The zero-order valence-electron chi connectivity index (χ0n) is 25.2. The third kappa shape index (κ3) is 7.50. The van der Waals surface area contributed by atoms with Crippen LogP contribution in [0.2, 0.25) is 0 Å². The summed E-state index contributed by atoms with van der Waals surface area (Å²) < 4.78 is 147. The second kappa shape index (κ2) is 13.7. The van der Waals surface area contributed by atoms with Gasteiger partial charge in [-0.25, -0.2) is 22.0 Å². The van der Waals surface area contributed by atoms with E-state index in [0.29, 0.717) is 23.8 Å². The van der Waals surface area contributed by atoms with Crippen LogP contribution < -0.4 is 4.74 Å². The van der Waals surface area contributed by atoms with Gasteiger partial charge in [0.25, 0.3) is 0 Å². The molecule has 0 radical (unpaired) electrons. The first-order valence-corrected chi connectivity index (χ1v) is 14.8. The highest BCUT2D eigenvalue weighted by Gasteiger charge is 2.41. The van der Waals surface area contributed by atoms with Crippen molar-refractivity contribution in [3.8, 4) is 39.1 Å². The van der Waals surface area contributed by atoms with E-state index in [1.54, 1.807) is 24.3 Å². The van der Waals surface area contributed by atoms with E-state index in [0.717, 1.165) is 73.7 Å². The summed E-state index contributed by atoms with van der Waals surface area (Å²) in [5.41, 5.74) is -2.60. The van der Waals surface area contributed by atoms with Gasteiger partial charge in [0.05, 0.1) is 5.56 Å². The number of benzene rings is 5. The van der Waals surface area contributed by atoms with Crippen molar-refractivity contribution in [2.24, 2.45) is 0 Å². The van der Waals surface area contributed by atoms with Gasteiger partial charge >= 0.3 is 12.3 Å². The molecule has 11 heteroatoms. The fourth-order valence-electron chi connectivity index (χ4n) is 5.28. The molecule has 0 saturated carbocycles. The van der Waals surface area contributed by atoms with Crippen LogP contribution in [0.3, 0.4) is 0 Å². The fourth-order valence-corrected chi connectivity index (χ4v) is 5.28. The predicted molar refractivity (Wildman–Crippen MR) is 162 cm³/mol. The maximum absolute atomic E-state index is 15.1. The summed E-state index contributed by atoms with van der Waals surface area (Å²) in [7, 11) is 0. The highest BCUT2D eigenvalue weighted by atomic mass is 19.4. The molecule has 0 N–H and O–H groups in total. The molecule has 1 nitrogen and oxygen atoms in total. The molecule has 0 heterocycles. The van der Waals surface area contributed by atoms with Crippen LogP contribution in [0.15, 0.2) is 91.0 Å². The molecule has 0 atom stereocenters. The van der Waals surface area contributed by atoms with Crippen LogP contribution in [-0.4, -0.2) is 0 Å². The van der Waals surface area contributed by atoms with Crippen LogP contribution in [0.4, 0.5) is 43.9 Å². The molecule has 250 valence electrons. The lowest BCUT2D eigenvalue weighted by molar-refractivity contribution is -0.189. The second-order valence-corrected chi connectivity index (χ2v) is 11.1. The van der Waals surface area contributed by atoms with Crippen LogP contribution in [-0.2, 0) is 18.7 Å². The SMILES string of the molecule is CCCCCc1ccc(-c2cc(F)c(C(F)(F)Oc3ccc(-c4ccc(-c5ccc(C(F)(F)F)c(F)c5)c(F)c4)c(F)c3)c(F)c2)cc1. The number of hydrogen-bond acceptors (Lipinski definition) is 1. The zero-order valence-corrected chi connectivity index (χ0v) is 25.2. The van der Waals surface area contributed by atoms with Crippen molar-refractivity contribution in [2.45, 2.75) is 44.9 Å². The summed E-state index contributed by atoms with van der Waals surface area (Å²) in [6.07, 6.45) is -5.58. The first-order valence-electron chi connectivity index (χ1n) is 14.8. The highest BCUT2D eigenvalue weighted by Crippen LogP contribution is 2.39. The molecular formula is C37H26F10O. The van der Waals surface area contributed by atoms with Gasteiger partial charge in [0.15, 0.2) is 0 Å². The molecule has 0 amide bonds. The van der Waals surface area contributed by atoms with E-state index < -0.39 is 58.2 Å². The number of alkyl halides is 5. The van der Waals surface area contributed by atoms with Gasteiger partial charge in [-0.1, -0.05) is 62.2 Å². The van der Waals surface area contributed by atoms with Crippen molar-refractivity contribution >= 4 is 0 Å². The molecule has 0 aliphatic heterocycles. The molecule has 0 aliphatic rings. The van der Waals surface area contributed by atoms with Gasteiger partial charge in [-0.2, -0.15) is 22.0 Å². The summed E-state index contributed by atoms with van der Waals surface area (Å²) in [4.78, 5) is 0. The molecule has 0 saturated heterocycles. The predicted octanol–water partition coefficient (Wildman–Crippen LogP) is 12.3. The summed E-state index contributed by atoms with van der Waals surface area (Å²) in [6, 6.07) is 15.7. The van der Waals surface area contributed by atoms with Crippen LogP contribution in [0.1, 0.15) is 42.9 Å². The van der Waals surface area contributed by atoms with E-state index in [9.17, 15) is 30.7 Å². The van der Waals surface area contributed by atoms with Gasteiger partial charge < -0.3 is 4.74 Å². The summed E-state index contributed by atoms with van der Waals surface area (Å²) in [5, 5.41) is 0. The van der Waals surface area contributed by atoms with Gasteiger partial charge in [-0.05, 0) is 83.1 Å². The van der Waals surface area contributed by atoms with Gasteiger partial charge in [0.2, 0.25) is 0 Å². The van der Waals surface area contributed by atoms with Gasteiger partial charge in [0, 0.05) is 17.2 Å². The molecule has 0 aliphatic carbocycles. The Morgan fingerprint density at radius 1 is 0.521 bits per heavy atom. The standard InChI is InChI=1S/C37H26F10O/c1-2-3-4-5-21-6-8-22(9-7-21)25-18-33(41)35(34(42)19-25)37(46,47)48-26-12-14-28(31(39)20-26)23-10-13-27(30(38)16-23)24-11-15-29(32(40)17-24)36(43,44)45/h6-20H,2-5H2,1H3. The Morgan fingerprint density at radius 3 is 1.58 bits per heavy atom. The molecule has 5 aromatic carbocycles. The van der Waals surface area contributed by atoms with Crippen molar-refractivity contribution in [3.05, 3.63) is 137 Å². The minimum absolute atomic E-state index is 0.0294. The number of halogens is 10. The van der Waals surface area contributed by atoms with Crippen LogP contribution in [0.25, 0.3) is 33.4 Å². The quantitative estimate of drug-likeness (QED) is 0.106. The number of rotatable bonds is 10. The van der Waals surface area contributed by atoms with Gasteiger partial charge in [-0.3, -0.25) is 0 Å². The smallest absolute Gasteiger partial charge is 0.429 e. The Labute approximate surface area is 269 Å². The summed E-state index contributed by atoms with van der Waals surface area (Å²) >= 11 is 0. The van der Waals surface area contributed by atoms with Crippen LogP contribution in [0.5, 0.6) is 5.75 Å². The first kappa shape index (κ1) is 34.5. The minimum Gasteiger partial charge on any atom is -0.429 e. The maximum Gasteiger partial charge on any atom is 0.432 e. The van der Waals surface area contributed by atoms with Crippen molar-refractivity contribution in [2.75, 3.05) is 0 Å². The zero-order chi connectivity index (χ0) is 34.8. The summed E-state index contributed by atoms with van der Waals surface area (Å²) in [5.74, 6) is -7.76. The third-order valence-electron chi connectivity index (χ3n) is 7.74. The van der Waals surface area contributed by atoms with E-state index in [1.165, 1.54) is 6.07 Å². The van der Waals surface area contributed by atoms with Crippen molar-refractivity contribution in [1.82, 2.24) is 0 Å². The average Bonchev–Trinajstić information content (AvgIpc) is 3.00. The fraction of sp³-hybridized carbons (Fsp3) is 0.189. The summed E-state index contributed by atoms with van der Waals surface area (Å²) in [6.45, 7) is 2.08. The second-order valence-electron chi connectivity index (χ2n) is 11.1. The van der Waals surface area contributed by atoms with E-state index in [4.69, 9.17) is 0 Å². The van der Waals surface area contributed by atoms with Crippen molar-refractivity contribution < 1.29 is 48.6 Å². The van der Waals surface area contributed by atoms with Crippen molar-refractivity contribution in [3.63, 3.8) is 0 Å². The first-order chi connectivity index (χ1) is 22.7. The topological polar surface area (TPSA) is 9.23 Å². The molecule has 0 aromatic heterocycles. The lowest BCUT2D eigenvalue weighted by Gasteiger charge is -2.20. The van der Waals surface area contributed by atoms with Crippen LogP contribution in [0, 0.1) is 29.1 Å². The Morgan fingerprint density at radius 2 is 1.04 bits per heavy atom. The van der Waals surface area contributed by atoms with Gasteiger partial charge in [0.1, 0.15) is 40.4 Å². The number of unbranched alkanes of at least 4 members (excludes halogenated alkanes) is 2. The molecule has 0 bridgehead atoms. The molecule has 0 unspecified atom stereocenters. The molecule has 5 rings (SSSR count). The van der Waals surface area contributed by atoms with E-state index in [-0.39, 0.29) is 27.8 Å². The largest absolute Gasteiger partial charge is 0.432 e. The Balaban J connectivity index is 1.34. The third-order valence-corrected chi connectivity index (χ3v) is 7.74. The number of ether oxygens (including phenoxy) is 1. The van der Waals surface area contributed by atoms with E-state index in [1.807, 2.05) is 0 Å². The Kier molecular flexibility index (Phi) is 9.89. The Hall–Kier alpha value is -4.80. The number of aryl methyl sites for hydroxylation is 1. The van der Waals surface area contributed by atoms with Crippen LogP contribution >= 0.6 is 0 Å². The maximum atomic E-state index is 15.1. The lowest BCUT2D eigenvalue weighted by atomic mass is 9.98. The molecular weight excluding hydrogens is 650 g/mol.